The number of ether oxygens (including phenoxy) is 1. The first kappa shape index (κ1) is 15.2. The number of carbonyl (C=O) groups excluding carboxylic acids is 1. The van der Waals surface area contributed by atoms with Gasteiger partial charge in [0.25, 0.3) is 5.91 Å². The Morgan fingerprint density at radius 1 is 1.47 bits per heavy atom. The molecule has 0 bridgehead atoms. The molecule has 1 rings (SSSR count). The molecule has 5 nitrogen and oxygen atoms in total. The Kier molecular flexibility index (Phi) is 4.35. The number of anilines is 1. The monoisotopic (exact) mass is 277 g/mol. The number of amides is 1. The van der Waals surface area contributed by atoms with Crippen molar-refractivity contribution in [2.75, 3.05) is 11.9 Å². The lowest BCUT2D eigenvalue weighted by Crippen LogP contribution is -2.59. The van der Waals surface area contributed by atoms with Crippen molar-refractivity contribution in [1.29, 1.82) is 0 Å². The average Bonchev–Trinajstić information content (AvgIpc) is 2.30. The number of hydrogen-bond donors (Lipinski definition) is 2. The van der Waals surface area contributed by atoms with Crippen molar-refractivity contribution in [3.63, 3.8) is 0 Å². The number of pyridine rings is 1. The Morgan fingerprint density at radius 2 is 2.11 bits per heavy atom. The van der Waals surface area contributed by atoms with Crippen molar-refractivity contribution in [1.82, 2.24) is 4.98 Å². The molecule has 0 spiro atoms. The van der Waals surface area contributed by atoms with Gasteiger partial charge in [0.15, 0.2) is 5.54 Å². The molecule has 1 amide bonds. The van der Waals surface area contributed by atoms with E-state index in [1.54, 1.807) is 6.92 Å². The molecule has 0 aromatic carbocycles. The normalized spacial score (nSPS) is 14.6. The van der Waals surface area contributed by atoms with E-state index in [2.05, 4.69) is 10.3 Å². The molecule has 0 fully saturated rings. The zero-order chi connectivity index (χ0) is 14.7. The van der Waals surface area contributed by atoms with E-state index >= 15 is 0 Å². The van der Waals surface area contributed by atoms with E-state index < -0.39 is 17.6 Å². The number of nitrogens with one attached hydrogen (secondary N) is 1. The topological polar surface area (TPSA) is 77.2 Å². The van der Waals surface area contributed by atoms with Gasteiger partial charge in [0, 0.05) is 6.07 Å². The van der Waals surface area contributed by atoms with Gasteiger partial charge in [0.2, 0.25) is 5.88 Å². The first-order chi connectivity index (χ1) is 8.68. The molecule has 1 aromatic rings. The number of hydrogen-bond acceptors (Lipinski definition) is 4. The summed E-state index contributed by atoms with van der Waals surface area (Å²) >= 11 is 0. The minimum atomic E-state index is -4.84. The number of alkyl halides is 3. The van der Waals surface area contributed by atoms with Gasteiger partial charge in [0.05, 0.1) is 18.5 Å². The molecule has 0 aliphatic carbocycles. The molecule has 1 atom stereocenters. The second kappa shape index (κ2) is 5.43. The van der Waals surface area contributed by atoms with Crippen LogP contribution in [0.25, 0.3) is 0 Å². The van der Waals surface area contributed by atoms with Crippen LogP contribution in [0.4, 0.5) is 18.9 Å². The zero-order valence-electron chi connectivity index (χ0n) is 10.4. The molecular formula is C11H14F3N3O2. The lowest BCUT2D eigenvalue weighted by molar-refractivity contribution is -0.184. The molecule has 3 N–H and O–H groups in total. The van der Waals surface area contributed by atoms with Crippen LogP contribution in [0, 0.1) is 0 Å². The Bertz CT molecular complexity index is 443. The first-order valence-electron chi connectivity index (χ1n) is 5.44. The second-order valence-electron chi connectivity index (χ2n) is 3.97. The first-order valence-corrected chi connectivity index (χ1v) is 5.44. The van der Waals surface area contributed by atoms with Crippen LogP contribution >= 0.6 is 0 Å². The summed E-state index contributed by atoms with van der Waals surface area (Å²) in [7, 11) is 0. The quantitative estimate of drug-likeness (QED) is 0.878. The van der Waals surface area contributed by atoms with Crippen molar-refractivity contribution >= 4 is 11.6 Å². The number of rotatable bonds is 4. The molecule has 1 heterocycles. The van der Waals surface area contributed by atoms with Crippen molar-refractivity contribution < 1.29 is 22.7 Å². The fraction of sp³-hybridized carbons (Fsp3) is 0.455. The highest BCUT2D eigenvalue weighted by Gasteiger charge is 2.53. The van der Waals surface area contributed by atoms with Crippen LogP contribution < -0.4 is 15.8 Å². The van der Waals surface area contributed by atoms with E-state index in [4.69, 9.17) is 10.5 Å². The summed E-state index contributed by atoms with van der Waals surface area (Å²) in [6.07, 6.45) is -3.65. The maximum atomic E-state index is 12.5. The average molecular weight is 277 g/mol. The summed E-state index contributed by atoms with van der Waals surface area (Å²) in [6, 6.07) is 2.81. The van der Waals surface area contributed by atoms with E-state index in [0.29, 0.717) is 19.4 Å². The standard InChI is InChI=1S/C11H14F3N3O2/c1-3-19-8-5-4-7(6-16-8)17-9(18)10(2,15)11(12,13)14/h4-6H,3,15H2,1-2H3,(H,17,18). The maximum absolute atomic E-state index is 12.5. The number of aromatic nitrogens is 1. The summed E-state index contributed by atoms with van der Waals surface area (Å²) in [6.45, 7) is 2.78. The zero-order valence-corrected chi connectivity index (χ0v) is 10.4. The summed E-state index contributed by atoms with van der Waals surface area (Å²) in [4.78, 5) is 15.3. The van der Waals surface area contributed by atoms with Gasteiger partial charge in [0.1, 0.15) is 0 Å². The Hall–Kier alpha value is -1.83. The van der Waals surface area contributed by atoms with Crippen LogP contribution in [0.15, 0.2) is 18.3 Å². The molecule has 19 heavy (non-hydrogen) atoms. The molecule has 1 aromatic heterocycles. The molecule has 0 aliphatic heterocycles. The lowest BCUT2D eigenvalue weighted by Gasteiger charge is -2.26. The van der Waals surface area contributed by atoms with Crippen LogP contribution in [0.1, 0.15) is 13.8 Å². The highest BCUT2D eigenvalue weighted by Crippen LogP contribution is 2.29. The third-order valence-electron chi connectivity index (χ3n) is 2.35. The minimum absolute atomic E-state index is 0.106. The van der Waals surface area contributed by atoms with E-state index in [1.165, 1.54) is 18.3 Å². The number of nitrogens with zero attached hydrogens (tertiary/aromatic N) is 1. The smallest absolute Gasteiger partial charge is 0.415 e. The summed E-state index contributed by atoms with van der Waals surface area (Å²) in [5.41, 5.74) is 2.12. The van der Waals surface area contributed by atoms with Gasteiger partial charge >= 0.3 is 6.18 Å². The summed E-state index contributed by atoms with van der Waals surface area (Å²) in [5, 5.41) is 2.06. The molecule has 1 unspecified atom stereocenters. The highest BCUT2D eigenvalue weighted by molar-refractivity contribution is 5.98. The highest BCUT2D eigenvalue weighted by atomic mass is 19.4. The predicted octanol–water partition coefficient (Wildman–Crippen LogP) is 1.70. The second-order valence-corrected chi connectivity index (χ2v) is 3.97. The number of halogens is 3. The predicted molar refractivity (Wildman–Crippen MR) is 62.7 cm³/mol. The van der Waals surface area contributed by atoms with E-state index in [0.717, 1.165) is 0 Å². The molecule has 0 saturated carbocycles. The third-order valence-corrected chi connectivity index (χ3v) is 2.35. The van der Waals surface area contributed by atoms with Crippen molar-refractivity contribution in [3.8, 4) is 5.88 Å². The minimum Gasteiger partial charge on any atom is -0.478 e. The van der Waals surface area contributed by atoms with Crippen LogP contribution in [0.3, 0.4) is 0 Å². The van der Waals surface area contributed by atoms with E-state index in [1.807, 2.05) is 0 Å². The third kappa shape index (κ3) is 3.57. The van der Waals surface area contributed by atoms with Gasteiger partial charge in [-0.15, -0.1) is 0 Å². The van der Waals surface area contributed by atoms with E-state index in [9.17, 15) is 18.0 Å². The molecule has 8 heteroatoms. The number of nitrogens with two attached hydrogens (primary N) is 1. The lowest BCUT2D eigenvalue weighted by atomic mass is 10.0. The van der Waals surface area contributed by atoms with Gasteiger partial charge in [-0.3, -0.25) is 4.79 Å². The summed E-state index contributed by atoms with van der Waals surface area (Å²) in [5.74, 6) is -1.04. The van der Waals surface area contributed by atoms with Gasteiger partial charge in [-0.2, -0.15) is 13.2 Å². The Morgan fingerprint density at radius 3 is 2.53 bits per heavy atom. The van der Waals surface area contributed by atoms with Gasteiger partial charge in [-0.25, -0.2) is 4.98 Å². The fourth-order valence-corrected chi connectivity index (χ4v) is 1.08. The molecule has 0 radical (unpaired) electrons. The van der Waals surface area contributed by atoms with Crippen LogP contribution in [0.2, 0.25) is 0 Å². The molecular weight excluding hydrogens is 263 g/mol. The fourth-order valence-electron chi connectivity index (χ4n) is 1.08. The molecule has 106 valence electrons. The number of carbonyl (C=O) groups is 1. The van der Waals surface area contributed by atoms with Gasteiger partial charge < -0.3 is 15.8 Å². The van der Waals surface area contributed by atoms with Crippen LogP contribution in [0.5, 0.6) is 5.88 Å². The van der Waals surface area contributed by atoms with Gasteiger partial charge in [-0.1, -0.05) is 0 Å². The molecule has 0 aliphatic rings. The van der Waals surface area contributed by atoms with Crippen molar-refractivity contribution in [2.24, 2.45) is 5.73 Å². The van der Waals surface area contributed by atoms with Crippen molar-refractivity contribution in [2.45, 2.75) is 25.6 Å². The molecule has 0 saturated heterocycles. The summed E-state index contributed by atoms with van der Waals surface area (Å²) < 4.78 is 42.6. The van der Waals surface area contributed by atoms with Crippen molar-refractivity contribution in [3.05, 3.63) is 18.3 Å². The van der Waals surface area contributed by atoms with E-state index in [-0.39, 0.29) is 5.69 Å². The van der Waals surface area contributed by atoms with Crippen LogP contribution in [-0.2, 0) is 4.79 Å². The van der Waals surface area contributed by atoms with Gasteiger partial charge in [-0.05, 0) is 19.9 Å². The Labute approximate surface area is 108 Å². The SMILES string of the molecule is CCOc1ccc(NC(=O)C(C)(N)C(F)(F)F)cn1. The largest absolute Gasteiger partial charge is 0.478 e. The Balaban J connectivity index is 2.77. The van der Waals surface area contributed by atoms with Crippen LogP contribution in [-0.4, -0.2) is 29.2 Å². The maximum Gasteiger partial charge on any atom is 0.415 e.